The summed E-state index contributed by atoms with van der Waals surface area (Å²) in [6.45, 7) is 0. The zero-order chi connectivity index (χ0) is 15.1. The van der Waals surface area contributed by atoms with Crippen molar-refractivity contribution < 1.29 is 14.1 Å². The number of nitro groups is 1. The van der Waals surface area contributed by atoms with Gasteiger partial charge in [-0.25, -0.2) is 0 Å². The van der Waals surface area contributed by atoms with Gasteiger partial charge in [-0.3, -0.25) is 10.1 Å². The van der Waals surface area contributed by atoms with E-state index in [-0.39, 0.29) is 16.9 Å². The van der Waals surface area contributed by atoms with Gasteiger partial charge in [-0.05, 0) is 38.8 Å². The molecule has 0 spiro atoms. The number of hydrogen-bond acceptors (Lipinski definition) is 4. The minimum Gasteiger partial charge on any atom is -0.489 e. The molecule has 1 aromatic rings. The Balaban J connectivity index is 1.77. The van der Waals surface area contributed by atoms with E-state index in [0.29, 0.717) is 12.1 Å². The van der Waals surface area contributed by atoms with Gasteiger partial charge < -0.3 is 9.64 Å². The summed E-state index contributed by atoms with van der Waals surface area (Å²) in [5.41, 5.74) is -0.629. The van der Waals surface area contributed by atoms with E-state index >= 15 is 0 Å². The molecule has 0 radical (unpaired) electrons. The van der Waals surface area contributed by atoms with Gasteiger partial charge in [0.05, 0.1) is 4.92 Å². The molecule has 7 heteroatoms. The third kappa shape index (κ3) is 2.58. The summed E-state index contributed by atoms with van der Waals surface area (Å²) in [7, 11) is 2.12. The van der Waals surface area contributed by atoms with Gasteiger partial charge in [0.1, 0.15) is 16.9 Å². The standard InChI is InChI=1S/C14H16ClFN2O3/c1-17-8-2-3-9(17)7-10(6-8)21-12-5-4-11(18(19)20)14(16)13(12)15/h4-5,8-10H,2-3,6-7H2,1H3/t8-,9+,10-. The van der Waals surface area contributed by atoms with E-state index < -0.39 is 16.4 Å². The summed E-state index contributed by atoms with van der Waals surface area (Å²) < 4.78 is 19.6. The van der Waals surface area contributed by atoms with Crippen molar-refractivity contribution in [3.63, 3.8) is 0 Å². The first kappa shape index (κ1) is 14.5. The number of hydrogen-bond donors (Lipinski definition) is 0. The monoisotopic (exact) mass is 314 g/mol. The second kappa shape index (κ2) is 5.42. The largest absolute Gasteiger partial charge is 0.489 e. The fourth-order valence-electron chi connectivity index (χ4n) is 3.39. The lowest BCUT2D eigenvalue weighted by Gasteiger charge is -2.36. The van der Waals surface area contributed by atoms with Gasteiger partial charge >= 0.3 is 5.69 Å². The van der Waals surface area contributed by atoms with E-state index in [1.807, 2.05) is 0 Å². The maximum Gasteiger partial charge on any atom is 0.306 e. The lowest BCUT2D eigenvalue weighted by atomic mass is 10.0. The van der Waals surface area contributed by atoms with Gasteiger partial charge in [0, 0.05) is 18.2 Å². The molecule has 2 bridgehead atoms. The predicted octanol–water partition coefficient (Wildman–Crippen LogP) is 3.39. The van der Waals surface area contributed by atoms with Crippen LogP contribution >= 0.6 is 11.6 Å². The molecular weight excluding hydrogens is 299 g/mol. The Morgan fingerprint density at radius 2 is 2.00 bits per heavy atom. The Morgan fingerprint density at radius 3 is 2.57 bits per heavy atom. The summed E-state index contributed by atoms with van der Waals surface area (Å²) in [6, 6.07) is 3.47. The number of rotatable bonds is 3. The topological polar surface area (TPSA) is 55.6 Å². The van der Waals surface area contributed by atoms with Gasteiger partial charge in [-0.15, -0.1) is 0 Å². The van der Waals surface area contributed by atoms with E-state index in [1.165, 1.54) is 6.07 Å². The first-order valence-corrected chi connectivity index (χ1v) is 7.36. The molecule has 2 fully saturated rings. The number of nitrogens with zero attached hydrogens (tertiary/aromatic N) is 2. The normalized spacial score (nSPS) is 28.6. The first-order chi connectivity index (χ1) is 9.97. The molecule has 3 atom stereocenters. The van der Waals surface area contributed by atoms with Crippen LogP contribution in [0.25, 0.3) is 0 Å². The number of piperidine rings is 1. The summed E-state index contributed by atoms with van der Waals surface area (Å²) >= 11 is 5.86. The van der Waals surface area contributed by atoms with Crippen LogP contribution in [-0.4, -0.2) is 35.1 Å². The van der Waals surface area contributed by atoms with Crippen molar-refractivity contribution in [1.82, 2.24) is 4.90 Å². The van der Waals surface area contributed by atoms with Crippen molar-refractivity contribution in [2.24, 2.45) is 0 Å². The second-order valence-corrected chi connectivity index (χ2v) is 6.11. The smallest absolute Gasteiger partial charge is 0.306 e. The molecule has 1 aromatic carbocycles. The highest BCUT2D eigenvalue weighted by atomic mass is 35.5. The fourth-order valence-corrected chi connectivity index (χ4v) is 3.60. The molecule has 21 heavy (non-hydrogen) atoms. The molecule has 0 N–H and O–H groups in total. The second-order valence-electron chi connectivity index (χ2n) is 5.73. The van der Waals surface area contributed by atoms with Crippen LogP contribution in [0.1, 0.15) is 25.7 Å². The van der Waals surface area contributed by atoms with Crippen molar-refractivity contribution >= 4 is 17.3 Å². The molecule has 0 aliphatic carbocycles. The molecule has 2 heterocycles. The van der Waals surface area contributed by atoms with Crippen LogP contribution < -0.4 is 4.74 Å². The van der Waals surface area contributed by atoms with E-state index in [1.54, 1.807) is 0 Å². The maximum absolute atomic E-state index is 13.8. The highest BCUT2D eigenvalue weighted by molar-refractivity contribution is 6.32. The van der Waals surface area contributed by atoms with Crippen molar-refractivity contribution in [2.75, 3.05) is 7.05 Å². The molecular formula is C14H16ClFN2O3. The number of halogens is 2. The third-order valence-electron chi connectivity index (χ3n) is 4.57. The lowest BCUT2D eigenvalue weighted by molar-refractivity contribution is -0.387. The predicted molar refractivity (Wildman–Crippen MR) is 76.3 cm³/mol. The van der Waals surface area contributed by atoms with Gasteiger partial charge in [-0.1, -0.05) is 11.6 Å². The first-order valence-electron chi connectivity index (χ1n) is 6.98. The van der Waals surface area contributed by atoms with Crippen LogP contribution in [0.15, 0.2) is 12.1 Å². The zero-order valence-electron chi connectivity index (χ0n) is 11.6. The molecule has 0 saturated carbocycles. The molecule has 2 aliphatic rings. The minimum absolute atomic E-state index is 0.0166. The maximum atomic E-state index is 13.8. The van der Waals surface area contributed by atoms with Gasteiger partial charge in [0.15, 0.2) is 0 Å². The van der Waals surface area contributed by atoms with Crippen LogP contribution in [0.3, 0.4) is 0 Å². The average molecular weight is 315 g/mol. The van der Waals surface area contributed by atoms with Crippen LogP contribution in [0.4, 0.5) is 10.1 Å². The molecule has 3 rings (SSSR count). The summed E-state index contributed by atoms with van der Waals surface area (Å²) in [5, 5.41) is 10.4. The SMILES string of the molecule is CN1[C@@H]2CC[C@H]1C[C@H](Oc1ccc([N+](=O)[O-])c(F)c1Cl)C2. The van der Waals surface area contributed by atoms with Crippen molar-refractivity contribution in [3.05, 3.63) is 33.1 Å². The Morgan fingerprint density at radius 1 is 1.38 bits per heavy atom. The Labute approximate surface area is 126 Å². The average Bonchev–Trinajstić information content (AvgIpc) is 2.66. The van der Waals surface area contributed by atoms with E-state index in [0.717, 1.165) is 31.7 Å². The number of ether oxygens (including phenoxy) is 1. The zero-order valence-corrected chi connectivity index (χ0v) is 12.3. The summed E-state index contributed by atoms with van der Waals surface area (Å²) in [6.07, 6.45) is 4.05. The van der Waals surface area contributed by atoms with Crippen LogP contribution in [0, 0.1) is 15.9 Å². The van der Waals surface area contributed by atoms with E-state index in [4.69, 9.17) is 16.3 Å². The van der Waals surface area contributed by atoms with Crippen molar-refractivity contribution in [3.8, 4) is 5.75 Å². The van der Waals surface area contributed by atoms with E-state index in [2.05, 4.69) is 11.9 Å². The van der Waals surface area contributed by atoms with Crippen LogP contribution in [0.5, 0.6) is 5.75 Å². The van der Waals surface area contributed by atoms with Gasteiger partial charge in [-0.2, -0.15) is 4.39 Å². The molecule has 0 amide bonds. The van der Waals surface area contributed by atoms with E-state index in [9.17, 15) is 14.5 Å². The lowest BCUT2D eigenvalue weighted by Crippen LogP contribution is -2.43. The highest BCUT2D eigenvalue weighted by Gasteiger charge is 2.39. The number of benzene rings is 1. The van der Waals surface area contributed by atoms with Crippen molar-refractivity contribution in [2.45, 2.75) is 43.9 Å². The third-order valence-corrected chi connectivity index (χ3v) is 4.92. The highest BCUT2D eigenvalue weighted by Crippen LogP contribution is 2.39. The summed E-state index contributed by atoms with van der Waals surface area (Å²) in [5.74, 6) is -0.844. The van der Waals surface area contributed by atoms with Gasteiger partial charge in [0.2, 0.25) is 5.82 Å². The Bertz CT molecular complexity index is 570. The molecule has 2 aliphatic heterocycles. The minimum atomic E-state index is -1.03. The summed E-state index contributed by atoms with van der Waals surface area (Å²) in [4.78, 5) is 12.2. The van der Waals surface area contributed by atoms with Crippen LogP contribution in [0.2, 0.25) is 5.02 Å². The van der Waals surface area contributed by atoms with Crippen molar-refractivity contribution in [1.29, 1.82) is 0 Å². The number of fused-ring (bicyclic) bond motifs is 2. The Kier molecular flexibility index (Phi) is 3.75. The van der Waals surface area contributed by atoms with Crippen LogP contribution in [-0.2, 0) is 0 Å². The molecule has 114 valence electrons. The fraction of sp³-hybridized carbons (Fsp3) is 0.571. The Hall–Kier alpha value is -1.40. The molecule has 5 nitrogen and oxygen atoms in total. The molecule has 0 aromatic heterocycles. The quantitative estimate of drug-likeness (QED) is 0.634. The molecule has 2 saturated heterocycles. The number of nitro benzene ring substituents is 1. The molecule has 0 unspecified atom stereocenters. The van der Waals surface area contributed by atoms with Gasteiger partial charge in [0.25, 0.3) is 0 Å².